The van der Waals surface area contributed by atoms with E-state index in [1.807, 2.05) is 6.92 Å². The zero-order valence-electron chi connectivity index (χ0n) is 10.7. The summed E-state index contributed by atoms with van der Waals surface area (Å²) in [5.41, 5.74) is 5.85. The lowest BCUT2D eigenvalue weighted by Gasteiger charge is -2.34. The molecule has 2 rings (SSSR count). The zero-order valence-corrected chi connectivity index (χ0v) is 10.7. The van der Waals surface area contributed by atoms with Crippen LogP contribution < -0.4 is 5.73 Å². The first-order valence-corrected chi connectivity index (χ1v) is 6.14. The minimum atomic E-state index is -0.579. The molecule has 2 unspecified atom stereocenters. The summed E-state index contributed by atoms with van der Waals surface area (Å²) in [6.45, 7) is 3.01. The number of amides is 1. The van der Waals surface area contributed by atoms with Crippen molar-refractivity contribution in [2.75, 3.05) is 19.7 Å². The molecule has 1 fully saturated rings. The summed E-state index contributed by atoms with van der Waals surface area (Å²) in [5.74, 6) is -1.27. The van der Waals surface area contributed by atoms with E-state index in [-0.39, 0.29) is 29.4 Å². The van der Waals surface area contributed by atoms with Gasteiger partial charge in [0.15, 0.2) is 0 Å². The Labute approximate surface area is 110 Å². The fourth-order valence-electron chi connectivity index (χ4n) is 2.03. The molecule has 0 spiro atoms. The fraction of sp³-hybridized carbons (Fsp3) is 0.462. The summed E-state index contributed by atoms with van der Waals surface area (Å²) in [6, 6.07) is 3.17. The van der Waals surface area contributed by atoms with Gasteiger partial charge in [0.2, 0.25) is 0 Å². The second kappa shape index (κ2) is 5.54. The average molecular weight is 268 g/mol. The lowest BCUT2D eigenvalue weighted by Crippen LogP contribution is -2.51. The van der Waals surface area contributed by atoms with Gasteiger partial charge in [-0.1, -0.05) is 0 Å². The number of phenolic OH excluding ortho intramolecular Hbond substituents is 1. The number of ether oxygens (including phenoxy) is 1. The molecule has 104 valence electrons. The van der Waals surface area contributed by atoms with Crippen molar-refractivity contribution in [2.45, 2.75) is 19.1 Å². The summed E-state index contributed by atoms with van der Waals surface area (Å²) in [5, 5.41) is 9.62. The third-order valence-electron chi connectivity index (χ3n) is 3.16. The Balaban J connectivity index is 2.15. The number of halogens is 1. The predicted molar refractivity (Wildman–Crippen MR) is 67.4 cm³/mol. The maximum Gasteiger partial charge on any atom is 0.257 e. The monoisotopic (exact) mass is 268 g/mol. The number of carbonyl (C=O) groups is 1. The molecule has 0 aliphatic carbocycles. The van der Waals surface area contributed by atoms with Gasteiger partial charge in [-0.15, -0.1) is 0 Å². The Morgan fingerprint density at radius 3 is 3.00 bits per heavy atom. The molecule has 1 saturated heterocycles. The fourth-order valence-corrected chi connectivity index (χ4v) is 2.03. The maximum absolute atomic E-state index is 12.9. The molecule has 5 nitrogen and oxygen atoms in total. The Bertz CT molecular complexity index is 479. The molecule has 0 aromatic heterocycles. The van der Waals surface area contributed by atoms with Crippen molar-refractivity contribution >= 4 is 5.91 Å². The van der Waals surface area contributed by atoms with Crippen LogP contribution in [0.2, 0.25) is 0 Å². The summed E-state index contributed by atoms with van der Waals surface area (Å²) in [6.07, 6.45) is -0.222. The Morgan fingerprint density at radius 1 is 1.63 bits per heavy atom. The van der Waals surface area contributed by atoms with Crippen LogP contribution in [0, 0.1) is 5.82 Å². The molecule has 19 heavy (non-hydrogen) atoms. The number of benzene rings is 1. The van der Waals surface area contributed by atoms with E-state index in [9.17, 15) is 14.3 Å². The Morgan fingerprint density at radius 2 is 2.37 bits per heavy atom. The van der Waals surface area contributed by atoms with Crippen molar-refractivity contribution in [3.63, 3.8) is 0 Å². The third-order valence-corrected chi connectivity index (χ3v) is 3.16. The highest BCUT2D eigenvalue weighted by Crippen LogP contribution is 2.21. The highest BCUT2D eigenvalue weighted by Gasteiger charge is 2.28. The van der Waals surface area contributed by atoms with E-state index >= 15 is 0 Å². The molecule has 3 N–H and O–H groups in total. The normalized spacial score (nSPS) is 21.2. The van der Waals surface area contributed by atoms with Crippen molar-refractivity contribution in [2.24, 2.45) is 5.73 Å². The first kappa shape index (κ1) is 13.8. The number of phenols is 1. The highest BCUT2D eigenvalue weighted by atomic mass is 19.1. The van der Waals surface area contributed by atoms with Crippen LogP contribution in [0.5, 0.6) is 5.75 Å². The quantitative estimate of drug-likeness (QED) is 0.828. The number of hydrogen-bond donors (Lipinski definition) is 2. The molecular formula is C13H17FN2O3. The molecule has 1 aliphatic rings. The van der Waals surface area contributed by atoms with Gasteiger partial charge in [-0.25, -0.2) is 4.39 Å². The van der Waals surface area contributed by atoms with Crippen LogP contribution in [-0.4, -0.2) is 47.8 Å². The number of rotatable bonds is 2. The lowest BCUT2D eigenvalue weighted by atomic mass is 10.1. The minimum absolute atomic E-state index is 0.0896. The van der Waals surface area contributed by atoms with Gasteiger partial charge in [0.1, 0.15) is 11.6 Å². The van der Waals surface area contributed by atoms with Crippen LogP contribution in [0.4, 0.5) is 4.39 Å². The van der Waals surface area contributed by atoms with Gasteiger partial charge in [0, 0.05) is 25.2 Å². The molecule has 1 aliphatic heterocycles. The number of nitrogens with two attached hydrogens (primary N) is 1. The van der Waals surface area contributed by atoms with Gasteiger partial charge in [-0.05, 0) is 19.1 Å². The summed E-state index contributed by atoms with van der Waals surface area (Å²) >= 11 is 0. The number of hydrogen-bond acceptors (Lipinski definition) is 4. The van der Waals surface area contributed by atoms with Gasteiger partial charge in [-0.2, -0.15) is 0 Å². The topological polar surface area (TPSA) is 75.8 Å². The molecular weight excluding hydrogens is 251 g/mol. The molecule has 1 amide bonds. The van der Waals surface area contributed by atoms with Crippen molar-refractivity contribution in [1.29, 1.82) is 0 Å². The Hall–Kier alpha value is -1.66. The molecule has 1 heterocycles. The van der Waals surface area contributed by atoms with Crippen LogP contribution in [0.1, 0.15) is 17.3 Å². The van der Waals surface area contributed by atoms with Gasteiger partial charge < -0.3 is 20.5 Å². The van der Waals surface area contributed by atoms with Crippen LogP contribution in [0.25, 0.3) is 0 Å². The second-order valence-electron chi connectivity index (χ2n) is 4.68. The van der Waals surface area contributed by atoms with E-state index in [0.717, 1.165) is 12.1 Å². The van der Waals surface area contributed by atoms with E-state index in [0.29, 0.717) is 19.7 Å². The smallest absolute Gasteiger partial charge is 0.257 e. The molecule has 6 heteroatoms. The number of nitrogens with zero attached hydrogens (tertiary/aromatic N) is 1. The van der Waals surface area contributed by atoms with Gasteiger partial charge in [0.25, 0.3) is 5.91 Å². The highest BCUT2D eigenvalue weighted by molar-refractivity contribution is 5.96. The molecule has 1 aromatic carbocycles. The van der Waals surface area contributed by atoms with Gasteiger partial charge in [0.05, 0.1) is 18.3 Å². The van der Waals surface area contributed by atoms with Crippen molar-refractivity contribution in [1.82, 2.24) is 4.90 Å². The first-order chi connectivity index (χ1) is 8.99. The average Bonchev–Trinajstić information content (AvgIpc) is 2.38. The van der Waals surface area contributed by atoms with Crippen molar-refractivity contribution in [3.05, 3.63) is 29.6 Å². The maximum atomic E-state index is 12.9. The van der Waals surface area contributed by atoms with Crippen LogP contribution in [-0.2, 0) is 4.74 Å². The van der Waals surface area contributed by atoms with Crippen molar-refractivity contribution < 1.29 is 19.0 Å². The molecule has 1 aromatic rings. The summed E-state index contributed by atoms with van der Waals surface area (Å²) in [4.78, 5) is 13.8. The second-order valence-corrected chi connectivity index (χ2v) is 4.68. The van der Waals surface area contributed by atoms with Gasteiger partial charge in [-0.3, -0.25) is 4.79 Å². The minimum Gasteiger partial charge on any atom is -0.507 e. The standard InChI is InChI=1S/C13H17FN2O3/c1-8(15)12-7-16(4-5-19-12)13(18)10-3-2-9(14)6-11(10)17/h2-3,6,8,12,17H,4-5,7,15H2,1H3. The SMILES string of the molecule is CC(N)C1CN(C(=O)c2ccc(F)cc2O)CCO1. The lowest BCUT2D eigenvalue weighted by molar-refractivity contribution is -0.0300. The third kappa shape index (κ3) is 3.02. The summed E-state index contributed by atoms with van der Waals surface area (Å²) < 4.78 is 18.4. The van der Waals surface area contributed by atoms with Crippen LogP contribution >= 0.6 is 0 Å². The molecule has 0 radical (unpaired) electrons. The largest absolute Gasteiger partial charge is 0.507 e. The molecule has 0 saturated carbocycles. The van der Waals surface area contributed by atoms with E-state index in [4.69, 9.17) is 10.5 Å². The molecule has 0 bridgehead atoms. The van der Waals surface area contributed by atoms with Crippen molar-refractivity contribution in [3.8, 4) is 5.75 Å². The van der Waals surface area contributed by atoms with E-state index in [2.05, 4.69) is 0 Å². The van der Waals surface area contributed by atoms with E-state index < -0.39 is 5.82 Å². The predicted octanol–water partition coefficient (Wildman–Crippen LogP) is 0.719. The zero-order chi connectivity index (χ0) is 14.0. The Kier molecular flexibility index (Phi) is 4.01. The number of aromatic hydroxyl groups is 1. The van der Waals surface area contributed by atoms with Gasteiger partial charge >= 0.3 is 0 Å². The summed E-state index contributed by atoms with van der Waals surface area (Å²) in [7, 11) is 0. The van der Waals surface area contributed by atoms with E-state index in [1.165, 1.54) is 6.07 Å². The van der Waals surface area contributed by atoms with E-state index in [1.54, 1.807) is 4.90 Å². The molecule has 2 atom stereocenters. The number of morpholine rings is 1. The number of carbonyl (C=O) groups excluding carboxylic acids is 1. The first-order valence-electron chi connectivity index (χ1n) is 6.14. The van der Waals surface area contributed by atoms with Crippen LogP contribution in [0.15, 0.2) is 18.2 Å². The van der Waals surface area contributed by atoms with Crippen LogP contribution in [0.3, 0.4) is 0 Å².